The number of thiazole rings is 1. The first-order chi connectivity index (χ1) is 37.7. The summed E-state index contributed by atoms with van der Waals surface area (Å²) in [5.41, 5.74) is 5.08. The van der Waals surface area contributed by atoms with Gasteiger partial charge in [-0.25, -0.2) is 23.1 Å². The Balaban J connectivity index is 0.704. The van der Waals surface area contributed by atoms with Gasteiger partial charge in [-0.05, 0) is 85.2 Å². The number of nitrogens with zero attached hydrogens (tertiary/aromatic N) is 6. The van der Waals surface area contributed by atoms with Crippen LogP contribution in [0.25, 0.3) is 32.6 Å². The van der Waals surface area contributed by atoms with Gasteiger partial charge >= 0.3 is 10.2 Å². The molecule has 79 heavy (non-hydrogen) atoms. The molecule has 6 aromatic rings. The normalized spacial score (nSPS) is 18.8. The second kappa shape index (κ2) is 24.3. The number of unbranched alkanes of at least 4 members (excludes halogenated alkanes) is 1. The summed E-state index contributed by atoms with van der Waals surface area (Å²) >= 11 is 1.56. The van der Waals surface area contributed by atoms with Crippen LogP contribution in [-0.4, -0.2) is 156 Å². The van der Waals surface area contributed by atoms with Crippen LogP contribution in [0.5, 0.6) is 0 Å². The molecule has 420 valence electrons. The Morgan fingerprint density at radius 1 is 0.924 bits per heavy atom. The number of piperazine rings is 1. The predicted octanol–water partition coefficient (Wildman–Crippen LogP) is 6.60. The average molecular weight is 1130 g/mol. The molecule has 3 amide bonds. The van der Waals surface area contributed by atoms with Crippen LogP contribution in [0.15, 0.2) is 84.6 Å². The van der Waals surface area contributed by atoms with E-state index in [1.165, 1.54) is 11.1 Å². The maximum atomic E-state index is 15.8. The maximum Gasteiger partial charge on any atom is 0.301 e. The molecule has 23 heteroatoms. The molecular weight excluding hydrogens is 1060 g/mol. The molecule has 0 unspecified atom stereocenters. The van der Waals surface area contributed by atoms with E-state index in [4.69, 9.17) is 4.74 Å². The van der Waals surface area contributed by atoms with Gasteiger partial charge in [-0.2, -0.15) is 12.7 Å². The van der Waals surface area contributed by atoms with Crippen molar-refractivity contribution in [2.45, 2.75) is 84.3 Å². The number of ketones is 1. The second-order valence-corrected chi connectivity index (χ2v) is 23.9. The number of hydrogen-bond acceptors (Lipinski definition) is 13. The molecule has 0 bridgehead atoms. The molecule has 0 saturated carbocycles. The van der Waals surface area contributed by atoms with E-state index in [9.17, 15) is 37.1 Å². The molecule has 4 atom stereocenters. The zero-order valence-electron chi connectivity index (χ0n) is 44.4. The average Bonchev–Trinajstić information content (AvgIpc) is 4.27. The first kappa shape index (κ1) is 56.9. The minimum atomic E-state index is -4.37. The van der Waals surface area contributed by atoms with Crippen LogP contribution in [0.1, 0.15) is 73.6 Å². The van der Waals surface area contributed by atoms with Crippen LogP contribution >= 0.6 is 11.3 Å². The van der Waals surface area contributed by atoms with E-state index < -0.39 is 87.0 Å². The monoisotopic (exact) mass is 1130 g/mol. The van der Waals surface area contributed by atoms with Crippen LogP contribution in [0.4, 0.5) is 24.5 Å². The molecule has 0 radical (unpaired) electrons. The largest absolute Gasteiger partial charge is 0.391 e. The maximum absolute atomic E-state index is 15.8. The smallest absolute Gasteiger partial charge is 0.301 e. The number of aromatic amines is 1. The molecule has 3 aromatic heterocycles. The van der Waals surface area contributed by atoms with Gasteiger partial charge in [0.05, 0.1) is 33.4 Å². The van der Waals surface area contributed by atoms with Gasteiger partial charge in [-0.3, -0.25) is 28.8 Å². The molecule has 6 heterocycles. The number of ether oxygens (including phenoxy) is 1. The Morgan fingerprint density at radius 3 is 2.34 bits per heavy atom. The van der Waals surface area contributed by atoms with E-state index >= 15 is 8.78 Å². The van der Waals surface area contributed by atoms with Crippen molar-refractivity contribution in [3.63, 3.8) is 0 Å². The lowest BCUT2D eigenvalue weighted by atomic mass is 9.85. The van der Waals surface area contributed by atoms with E-state index in [0.717, 1.165) is 95.0 Å². The van der Waals surface area contributed by atoms with Gasteiger partial charge in [0.25, 0.3) is 0 Å². The lowest BCUT2D eigenvalue weighted by Gasteiger charge is -2.36. The Hall–Kier alpha value is -6.76. The number of pyridine rings is 1. The molecule has 0 aliphatic carbocycles. The number of rotatable bonds is 20. The summed E-state index contributed by atoms with van der Waals surface area (Å²) in [6.07, 6.45) is 2.33. The molecule has 3 saturated heterocycles. The highest BCUT2D eigenvalue weighted by Gasteiger charge is 2.44. The van der Waals surface area contributed by atoms with E-state index in [1.807, 2.05) is 80.9 Å². The van der Waals surface area contributed by atoms with Crippen molar-refractivity contribution in [2.75, 3.05) is 75.2 Å². The third-order valence-electron chi connectivity index (χ3n) is 14.7. The fraction of sp³-hybridized carbons (Fsp3) is 0.429. The summed E-state index contributed by atoms with van der Waals surface area (Å²) in [7, 11) is -4.37. The van der Waals surface area contributed by atoms with Crippen molar-refractivity contribution in [1.29, 1.82) is 0 Å². The van der Waals surface area contributed by atoms with E-state index in [-0.39, 0.29) is 50.6 Å². The number of β-amino-alcohol motifs (C(OH)–C–C–N with tert-alkyl or cyclic N) is 1. The number of aliphatic hydroxyl groups excluding tert-OH is 1. The summed E-state index contributed by atoms with van der Waals surface area (Å²) in [5.74, 6) is -4.87. The number of halogens is 3. The summed E-state index contributed by atoms with van der Waals surface area (Å²) in [5, 5.41) is 16.7. The molecule has 3 aliphatic rings. The number of fused-ring (bicyclic) bond motifs is 1. The van der Waals surface area contributed by atoms with Crippen molar-refractivity contribution in [3.05, 3.63) is 119 Å². The first-order valence-corrected chi connectivity index (χ1v) is 28.7. The number of hydrogen-bond donors (Lipinski definition) is 5. The predicted molar refractivity (Wildman–Crippen MR) is 295 cm³/mol. The molecule has 3 aromatic carbocycles. The Kier molecular flexibility index (Phi) is 17.5. The van der Waals surface area contributed by atoms with Gasteiger partial charge in [0.1, 0.15) is 36.3 Å². The molecule has 5 N–H and O–H groups in total. The van der Waals surface area contributed by atoms with Crippen molar-refractivity contribution < 1.29 is 50.6 Å². The highest BCUT2D eigenvalue weighted by Crippen LogP contribution is 2.33. The van der Waals surface area contributed by atoms with Crippen LogP contribution in [0.2, 0.25) is 0 Å². The molecule has 9 rings (SSSR count). The van der Waals surface area contributed by atoms with Crippen molar-refractivity contribution in [1.82, 2.24) is 39.7 Å². The number of aryl methyl sites for hydroxylation is 1. The number of H-pyrrole nitrogens is 1. The second-order valence-electron chi connectivity index (χ2n) is 21.4. The fourth-order valence-corrected chi connectivity index (χ4v) is 12.3. The number of amides is 3. The number of alkyl halides is 1. The molecule has 18 nitrogen and oxygen atoms in total. The third-order valence-corrected chi connectivity index (χ3v) is 17.1. The van der Waals surface area contributed by atoms with Gasteiger partial charge in [-0.15, -0.1) is 11.3 Å². The SMILES string of the molecule is Cc1ncsc1-c1ccc(CNC(=O)[C@@H]2C[C@@H](O)CN2C(=O)[C@@H](NC(=O)COCCCCN2CCN(c3ccc(-c4cnc5[nH]cc(C(=O)c6c(F)ccc(NS(=O)(=O)N7CC[C@@H](F)C7)c6F)c5c4)cc3)CC2)C(C)(C)C)cc1. The number of carbonyl (C=O) groups excluding carboxylic acids is 4. The van der Waals surface area contributed by atoms with E-state index in [2.05, 4.69) is 35.4 Å². The van der Waals surface area contributed by atoms with Crippen LogP contribution in [0.3, 0.4) is 0 Å². The van der Waals surface area contributed by atoms with Gasteiger partial charge in [0, 0.05) is 100.0 Å². The Morgan fingerprint density at radius 2 is 1.66 bits per heavy atom. The first-order valence-electron chi connectivity index (χ1n) is 26.4. The van der Waals surface area contributed by atoms with Gasteiger partial charge in [-0.1, -0.05) is 57.2 Å². The Labute approximate surface area is 460 Å². The van der Waals surface area contributed by atoms with Crippen molar-refractivity contribution in [2.24, 2.45) is 5.41 Å². The van der Waals surface area contributed by atoms with Gasteiger partial charge in [0.2, 0.25) is 23.5 Å². The summed E-state index contributed by atoms with van der Waals surface area (Å²) in [4.78, 5) is 73.3. The minimum Gasteiger partial charge on any atom is -0.391 e. The van der Waals surface area contributed by atoms with E-state index in [1.54, 1.807) is 29.1 Å². The third kappa shape index (κ3) is 13.3. The number of anilines is 2. The number of benzene rings is 3. The topological polar surface area (TPSA) is 222 Å². The quantitative estimate of drug-likeness (QED) is 0.0403. The highest BCUT2D eigenvalue weighted by molar-refractivity contribution is 7.90. The summed E-state index contributed by atoms with van der Waals surface area (Å²) in [6, 6.07) is 17.2. The number of aliphatic hydroxyl groups is 1. The molecule has 3 fully saturated rings. The zero-order chi connectivity index (χ0) is 56.2. The summed E-state index contributed by atoms with van der Waals surface area (Å²) < 4.78 is 79.0. The van der Waals surface area contributed by atoms with Crippen LogP contribution < -0.4 is 20.3 Å². The molecule has 3 aliphatic heterocycles. The molecular formula is C56H65F3N10O8S2. The lowest BCUT2D eigenvalue weighted by molar-refractivity contribution is -0.144. The Bertz CT molecular complexity index is 3290. The highest BCUT2D eigenvalue weighted by atomic mass is 32.2. The lowest BCUT2D eigenvalue weighted by Crippen LogP contribution is -2.58. The van der Waals surface area contributed by atoms with Crippen LogP contribution in [0, 0.1) is 24.0 Å². The van der Waals surface area contributed by atoms with Crippen molar-refractivity contribution in [3.8, 4) is 21.6 Å². The summed E-state index contributed by atoms with van der Waals surface area (Å²) in [6.45, 7) is 11.4. The zero-order valence-corrected chi connectivity index (χ0v) is 46.1. The van der Waals surface area contributed by atoms with Gasteiger partial charge in [0.15, 0.2) is 5.82 Å². The van der Waals surface area contributed by atoms with E-state index in [0.29, 0.717) is 23.2 Å². The number of nitrogens with one attached hydrogen (secondary N) is 4. The standard InChI is InChI=1S/C56H65F3N10O8S2/c1-34-51(78-33-63-34)37-9-7-35(8-10-37)27-62-54(73)46-26-41(70)31-69(46)55(74)52(56(2,3)4)64-47(71)32-77-24-6-5-18-66-20-22-67(23-21-66)40-13-11-36(12-14-40)38-25-42-43(29-61-53(42)60-28-38)50(72)48-44(58)15-16-45(49(48)59)65-79(75,76)68-19-17-39(57)30-68/h7-16,25,28-29,33,39,41,46,52,65,70H,5-6,17-24,26-27,30-32H2,1-4H3,(H,60,61)(H,62,73)(H,64,71)/t39-,41-,46+,52-/m1/s1. The number of carbonyl (C=O) groups is 4. The number of aromatic nitrogens is 3. The van der Waals surface area contributed by atoms with Gasteiger partial charge < -0.3 is 35.3 Å². The fourth-order valence-electron chi connectivity index (χ4n) is 10.2. The molecule has 0 spiro atoms. The van der Waals surface area contributed by atoms with Crippen molar-refractivity contribution >= 4 is 67.5 Å². The van der Waals surface area contributed by atoms with Crippen LogP contribution in [-0.2, 0) is 35.9 Å². The minimum absolute atomic E-state index is 0.00769. The number of likely N-dealkylation sites (tertiary alicyclic amines) is 1.